The zero-order valence-electron chi connectivity index (χ0n) is 44.1. The number of halogens is 2. The van der Waals surface area contributed by atoms with E-state index < -0.39 is 0 Å². The number of aromatic nitrogens is 6. The summed E-state index contributed by atoms with van der Waals surface area (Å²) in [6, 6.07) is 10.0. The third-order valence-corrected chi connectivity index (χ3v) is 16.5. The standard InChI is InChI=1S/2C29H36FN5O2/c1-19(2)27-26(20(3)37-33-27)25-11-24(30)5-4-22(25)10-23-12-31-18-32-28(23)35-16-29(17-35)14-34(15-29)13-21-6-8-36-9-7-21;1-19(2)27-26(20(3)33-37-27)25-11-24(30)5-4-22(25)10-23-12-31-18-32-28(23)35-16-29(17-35)14-34(15-29)13-21-6-8-36-9-7-21/h2*4-5,11-12,18-19,21H,6-10,13-17H2,1-3H3. The Bertz CT molecular complexity index is 2710. The van der Waals surface area contributed by atoms with E-state index in [1.54, 1.807) is 24.8 Å². The summed E-state index contributed by atoms with van der Waals surface area (Å²) >= 11 is 0. The Labute approximate surface area is 434 Å². The van der Waals surface area contributed by atoms with Crippen molar-refractivity contribution < 1.29 is 27.3 Å². The van der Waals surface area contributed by atoms with Crippen molar-refractivity contribution in [3.05, 3.63) is 118 Å². The Morgan fingerprint density at radius 1 is 0.581 bits per heavy atom. The van der Waals surface area contributed by atoms with Gasteiger partial charge in [0, 0.05) is 156 Å². The fourth-order valence-corrected chi connectivity index (χ4v) is 12.9. The van der Waals surface area contributed by atoms with Gasteiger partial charge in [-0.25, -0.2) is 28.7 Å². The SMILES string of the molecule is Cc1noc(C(C)C)c1-c1cc(F)ccc1Cc1cncnc1N1CC2(CN(CC3CCOCC3)C2)C1.Cc1onc(C(C)C)c1-c1cc(F)ccc1Cc1cncnc1N1CC2(CN(CC3CCOCC3)C2)C1. The number of nitrogens with zero attached hydrogens (tertiary/aromatic N) is 10. The summed E-state index contributed by atoms with van der Waals surface area (Å²) < 4.78 is 51.0. The molecule has 2 spiro atoms. The minimum absolute atomic E-state index is 0.147. The lowest BCUT2D eigenvalue weighted by Crippen LogP contribution is -2.72. The van der Waals surface area contributed by atoms with Crippen molar-refractivity contribution in [1.82, 2.24) is 40.0 Å². The quantitative estimate of drug-likeness (QED) is 0.102. The van der Waals surface area contributed by atoms with Crippen LogP contribution in [0.1, 0.15) is 110 Å². The highest BCUT2D eigenvalue weighted by molar-refractivity contribution is 5.74. The molecule has 10 heterocycles. The van der Waals surface area contributed by atoms with Gasteiger partial charge in [0.1, 0.15) is 47.4 Å². The Hall–Kier alpha value is -5.68. The Kier molecular flexibility index (Phi) is 14.4. The zero-order valence-corrected chi connectivity index (χ0v) is 44.1. The molecule has 6 aliphatic rings. The Balaban J connectivity index is 0.000000159. The topological polar surface area (TPSA) is 135 Å². The number of ether oxygens (including phenoxy) is 2. The van der Waals surface area contributed by atoms with Crippen LogP contribution < -0.4 is 9.80 Å². The smallest absolute Gasteiger partial charge is 0.147 e. The van der Waals surface area contributed by atoms with Gasteiger partial charge in [0.15, 0.2) is 0 Å². The van der Waals surface area contributed by atoms with Gasteiger partial charge in [-0.15, -0.1) is 0 Å². The van der Waals surface area contributed by atoms with Crippen molar-refractivity contribution in [1.29, 1.82) is 0 Å². The number of anilines is 2. The predicted molar refractivity (Wildman–Crippen MR) is 280 cm³/mol. The number of hydrogen-bond donors (Lipinski definition) is 0. The summed E-state index contributed by atoms with van der Waals surface area (Å²) in [5, 5.41) is 8.47. The van der Waals surface area contributed by atoms with E-state index in [0.29, 0.717) is 29.4 Å². The Morgan fingerprint density at radius 2 is 1.05 bits per heavy atom. The minimum Gasteiger partial charge on any atom is -0.381 e. The summed E-state index contributed by atoms with van der Waals surface area (Å²) in [4.78, 5) is 28.1. The van der Waals surface area contributed by atoms with Crippen LogP contribution in [0.5, 0.6) is 0 Å². The highest BCUT2D eigenvalue weighted by atomic mass is 19.1. The predicted octanol–water partition coefficient (Wildman–Crippen LogP) is 9.68. The van der Waals surface area contributed by atoms with Crippen molar-refractivity contribution in [3.8, 4) is 22.3 Å². The molecule has 0 radical (unpaired) electrons. The number of hydrogen-bond acceptors (Lipinski definition) is 14. The van der Waals surface area contributed by atoms with Gasteiger partial charge in [0.2, 0.25) is 0 Å². The molecule has 12 rings (SSSR count). The molecule has 2 aromatic carbocycles. The number of likely N-dealkylation sites (tertiary alicyclic amines) is 2. The molecular formula is C58H72F2N10O4. The van der Waals surface area contributed by atoms with Gasteiger partial charge in [0.25, 0.3) is 0 Å². The first-order chi connectivity index (χ1) is 35.8. The van der Waals surface area contributed by atoms with Crippen molar-refractivity contribution in [3.63, 3.8) is 0 Å². The second kappa shape index (κ2) is 21.2. The van der Waals surface area contributed by atoms with E-state index in [1.807, 2.05) is 38.4 Å². The van der Waals surface area contributed by atoms with Gasteiger partial charge in [-0.05, 0) is 104 Å². The maximum atomic E-state index is 14.4. The molecule has 6 saturated heterocycles. The minimum atomic E-state index is -0.265. The third kappa shape index (κ3) is 10.5. The molecule has 0 bridgehead atoms. The number of rotatable bonds is 14. The second-order valence-electron chi connectivity index (χ2n) is 23.2. The first-order valence-corrected chi connectivity index (χ1v) is 27.0. The summed E-state index contributed by atoms with van der Waals surface area (Å²) in [7, 11) is 0. The van der Waals surface area contributed by atoms with E-state index >= 15 is 0 Å². The van der Waals surface area contributed by atoms with Crippen LogP contribution in [0, 0.1) is 48.1 Å². The number of aryl methyl sites for hydroxylation is 2. The maximum Gasteiger partial charge on any atom is 0.147 e. The molecular weight excluding hydrogens is 939 g/mol. The van der Waals surface area contributed by atoms with E-state index in [0.717, 1.165) is 138 Å². The lowest BCUT2D eigenvalue weighted by atomic mass is 9.72. The summed E-state index contributed by atoms with van der Waals surface area (Å²) in [6.45, 7) is 27.0. The molecule has 392 valence electrons. The van der Waals surface area contributed by atoms with E-state index in [4.69, 9.17) is 18.5 Å². The maximum absolute atomic E-state index is 14.4. The molecule has 0 saturated carbocycles. The normalized spacial score (nSPS) is 19.9. The van der Waals surface area contributed by atoms with Crippen molar-refractivity contribution >= 4 is 11.6 Å². The molecule has 14 nitrogen and oxygen atoms in total. The molecule has 74 heavy (non-hydrogen) atoms. The molecule has 6 aromatic rings. The monoisotopic (exact) mass is 1010 g/mol. The van der Waals surface area contributed by atoms with Crippen molar-refractivity contribution in [2.75, 3.05) is 102 Å². The second-order valence-corrected chi connectivity index (χ2v) is 23.2. The van der Waals surface area contributed by atoms with Gasteiger partial charge in [-0.3, -0.25) is 0 Å². The molecule has 0 unspecified atom stereocenters. The fourth-order valence-electron chi connectivity index (χ4n) is 12.9. The van der Waals surface area contributed by atoms with Gasteiger partial charge in [-0.2, -0.15) is 0 Å². The highest BCUT2D eigenvalue weighted by Gasteiger charge is 2.53. The zero-order chi connectivity index (χ0) is 51.1. The lowest BCUT2D eigenvalue weighted by Gasteiger charge is -2.61. The van der Waals surface area contributed by atoms with Crippen LogP contribution in [0.4, 0.5) is 20.4 Å². The van der Waals surface area contributed by atoms with E-state index in [-0.39, 0.29) is 23.5 Å². The largest absolute Gasteiger partial charge is 0.381 e. The van der Waals surface area contributed by atoms with Crippen LogP contribution in [-0.4, -0.2) is 132 Å². The van der Waals surface area contributed by atoms with Gasteiger partial charge in [-0.1, -0.05) is 50.1 Å². The summed E-state index contributed by atoms with van der Waals surface area (Å²) in [5.74, 6) is 4.83. The van der Waals surface area contributed by atoms with Crippen LogP contribution in [0.15, 0.2) is 70.5 Å². The van der Waals surface area contributed by atoms with Crippen LogP contribution in [0.3, 0.4) is 0 Å². The first kappa shape index (κ1) is 50.5. The summed E-state index contributed by atoms with van der Waals surface area (Å²) in [5.41, 5.74) is 10.0. The third-order valence-electron chi connectivity index (χ3n) is 16.5. The molecule has 0 N–H and O–H groups in total. The van der Waals surface area contributed by atoms with Crippen molar-refractivity contribution in [2.45, 2.75) is 91.9 Å². The molecule has 0 aliphatic carbocycles. The van der Waals surface area contributed by atoms with E-state index in [1.165, 1.54) is 77.1 Å². The average molecular weight is 1010 g/mol. The van der Waals surface area contributed by atoms with E-state index in [2.05, 4.69) is 77.5 Å². The summed E-state index contributed by atoms with van der Waals surface area (Å²) in [6.07, 6.45) is 13.1. The van der Waals surface area contributed by atoms with Crippen LogP contribution in [0.2, 0.25) is 0 Å². The van der Waals surface area contributed by atoms with Gasteiger partial charge < -0.3 is 38.1 Å². The van der Waals surface area contributed by atoms with Gasteiger partial charge >= 0.3 is 0 Å². The van der Waals surface area contributed by atoms with Crippen LogP contribution in [-0.2, 0) is 22.3 Å². The molecule has 0 amide bonds. The molecule has 0 atom stereocenters. The molecule has 6 fully saturated rings. The molecule has 6 aliphatic heterocycles. The van der Waals surface area contributed by atoms with Gasteiger partial charge in [0.05, 0.1) is 11.4 Å². The highest BCUT2D eigenvalue weighted by Crippen LogP contribution is 2.46. The van der Waals surface area contributed by atoms with Crippen LogP contribution in [0.25, 0.3) is 22.3 Å². The Morgan fingerprint density at radius 3 is 1.51 bits per heavy atom. The molecule has 16 heteroatoms. The van der Waals surface area contributed by atoms with E-state index in [9.17, 15) is 8.78 Å². The van der Waals surface area contributed by atoms with Crippen LogP contribution >= 0.6 is 0 Å². The fraction of sp³-hybridized carbons (Fsp3) is 0.552. The lowest BCUT2D eigenvalue weighted by molar-refractivity contribution is -0.0430. The molecule has 4 aromatic heterocycles. The van der Waals surface area contributed by atoms with Crippen molar-refractivity contribution in [2.24, 2.45) is 22.7 Å². The average Bonchev–Trinajstić information content (AvgIpc) is 3.94. The number of benzene rings is 2. The first-order valence-electron chi connectivity index (χ1n) is 27.0.